The van der Waals surface area contributed by atoms with E-state index in [0.717, 1.165) is 24.5 Å². The Balaban J connectivity index is 2.36. The number of ether oxygens (including phenoxy) is 1. The number of nitrogens with two attached hydrogens (primary N) is 1. The van der Waals surface area contributed by atoms with E-state index in [-0.39, 0.29) is 5.54 Å². The third-order valence-electron chi connectivity index (χ3n) is 4.29. The lowest BCUT2D eigenvalue weighted by Gasteiger charge is -2.30. The van der Waals surface area contributed by atoms with Crippen LogP contribution in [0.25, 0.3) is 0 Å². The first-order chi connectivity index (χ1) is 8.55. The second-order valence-electron chi connectivity index (χ2n) is 5.90. The summed E-state index contributed by atoms with van der Waals surface area (Å²) < 4.78 is 5.51. The highest BCUT2D eigenvalue weighted by atomic mass is 16.5. The van der Waals surface area contributed by atoms with E-state index >= 15 is 0 Å². The molecule has 2 atom stereocenters. The molecule has 1 aliphatic carbocycles. The zero-order chi connectivity index (χ0) is 13.2. The molecule has 1 fully saturated rings. The summed E-state index contributed by atoms with van der Waals surface area (Å²) in [5.41, 5.74) is 8.95. The Morgan fingerprint density at radius 2 is 2.06 bits per heavy atom. The Bertz CT molecular complexity index is 416. The van der Waals surface area contributed by atoms with Gasteiger partial charge in [0.2, 0.25) is 0 Å². The predicted molar refractivity (Wildman–Crippen MR) is 75.8 cm³/mol. The molecule has 0 radical (unpaired) electrons. The summed E-state index contributed by atoms with van der Waals surface area (Å²) in [5, 5.41) is 0. The molecule has 0 aromatic heterocycles. The fourth-order valence-electron chi connectivity index (χ4n) is 3.02. The van der Waals surface area contributed by atoms with Crippen molar-refractivity contribution in [1.29, 1.82) is 0 Å². The van der Waals surface area contributed by atoms with Gasteiger partial charge >= 0.3 is 0 Å². The second kappa shape index (κ2) is 5.31. The van der Waals surface area contributed by atoms with Crippen molar-refractivity contribution in [2.75, 3.05) is 7.11 Å². The minimum atomic E-state index is -0.206. The number of methoxy groups -OCH3 is 1. The van der Waals surface area contributed by atoms with E-state index in [4.69, 9.17) is 10.5 Å². The molecule has 2 N–H and O–H groups in total. The molecule has 1 aliphatic rings. The minimum Gasteiger partial charge on any atom is -0.496 e. The second-order valence-corrected chi connectivity index (χ2v) is 5.90. The molecule has 2 rings (SSSR count). The van der Waals surface area contributed by atoms with E-state index in [1.54, 1.807) is 7.11 Å². The highest BCUT2D eigenvalue weighted by molar-refractivity contribution is 5.42. The minimum absolute atomic E-state index is 0.206. The lowest BCUT2D eigenvalue weighted by atomic mass is 9.82. The molecule has 2 nitrogen and oxygen atoms in total. The van der Waals surface area contributed by atoms with Crippen LogP contribution in [0.15, 0.2) is 18.2 Å². The molecular formula is C16H25NO. The van der Waals surface area contributed by atoms with Gasteiger partial charge in [0.25, 0.3) is 0 Å². The van der Waals surface area contributed by atoms with Crippen LogP contribution >= 0.6 is 0 Å². The molecule has 0 saturated heterocycles. The highest BCUT2D eigenvalue weighted by Gasteiger charge is 2.32. The van der Waals surface area contributed by atoms with Gasteiger partial charge in [0.15, 0.2) is 0 Å². The van der Waals surface area contributed by atoms with Crippen LogP contribution in [0, 0.1) is 12.8 Å². The van der Waals surface area contributed by atoms with Crippen molar-refractivity contribution in [3.8, 4) is 5.75 Å². The fourth-order valence-corrected chi connectivity index (χ4v) is 3.02. The molecule has 0 bridgehead atoms. The van der Waals surface area contributed by atoms with Crippen LogP contribution in [-0.4, -0.2) is 7.11 Å². The number of aryl methyl sites for hydroxylation is 1. The largest absolute Gasteiger partial charge is 0.496 e. The molecule has 18 heavy (non-hydrogen) atoms. The van der Waals surface area contributed by atoms with Crippen molar-refractivity contribution in [2.45, 2.75) is 51.5 Å². The summed E-state index contributed by atoms with van der Waals surface area (Å²) in [5.74, 6) is 1.74. The number of benzene rings is 1. The third-order valence-corrected chi connectivity index (χ3v) is 4.29. The molecule has 0 heterocycles. The van der Waals surface area contributed by atoms with E-state index in [1.807, 2.05) is 6.07 Å². The molecule has 0 spiro atoms. The first kappa shape index (κ1) is 13.4. The average molecular weight is 247 g/mol. The first-order valence-corrected chi connectivity index (χ1v) is 6.99. The molecule has 1 aromatic rings. The summed E-state index contributed by atoms with van der Waals surface area (Å²) in [6.45, 7) is 4.45. The van der Waals surface area contributed by atoms with Crippen molar-refractivity contribution in [3.05, 3.63) is 29.3 Å². The van der Waals surface area contributed by atoms with Crippen LogP contribution in [0.4, 0.5) is 0 Å². The number of rotatable bonds is 2. The lowest BCUT2D eigenvalue weighted by Crippen LogP contribution is -2.36. The van der Waals surface area contributed by atoms with Gasteiger partial charge in [-0.15, -0.1) is 0 Å². The maximum atomic E-state index is 6.71. The standard InChI is InChI=1S/C16H25NO/c1-12-5-4-9-16(17,10-8-12)14-11-13(2)6-7-15(14)18-3/h6-7,11-12H,4-5,8-10,17H2,1-3H3. The Kier molecular flexibility index (Phi) is 3.96. The predicted octanol–water partition coefficient (Wildman–Crippen LogP) is 3.76. The van der Waals surface area contributed by atoms with Crippen molar-refractivity contribution < 1.29 is 4.74 Å². The summed E-state index contributed by atoms with van der Waals surface area (Å²) in [7, 11) is 1.73. The van der Waals surface area contributed by atoms with Crippen LogP contribution in [0.2, 0.25) is 0 Å². The number of hydrogen-bond acceptors (Lipinski definition) is 2. The van der Waals surface area contributed by atoms with Crippen LogP contribution in [-0.2, 0) is 5.54 Å². The van der Waals surface area contributed by atoms with Crippen molar-refractivity contribution in [3.63, 3.8) is 0 Å². The molecule has 100 valence electrons. The zero-order valence-corrected chi connectivity index (χ0v) is 11.8. The smallest absolute Gasteiger partial charge is 0.123 e. The maximum Gasteiger partial charge on any atom is 0.123 e. The van der Waals surface area contributed by atoms with E-state index < -0.39 is 0 Å². The van der Waals surface area contributed by atoms with Crippen molar-refractivity contribution in [1.82, 2.24) is 0 Å². The summed E-state index contributed by atoms with van der Waals surface area (Å²) in [6, 6.07) is 6.34. The fraction of sp³-hybridized carbons (Fsp3) is 0.625. The molecule has 1 saturated carbocycles. The third kappa shape index (κ3) is 2.69. The summed E-state index contributed by atoms with van der Waals surface area (Å²) >= 11 is 0. The van der Waals surface area contributed by atoms with Crippen LogP contribution in [0.5, 0.6) is 5.75 Å². The average Bonchev–Trinajstić information content (AvgIpc) is 2.52. The Hall–Kier alpha value is -1.02. The van der Waals surface area contributed by atoms with Crippen molar-refractivity contribution >= 4 is 0 Å². The maximum absolute atomic E-state index is 6.71. The summed E-state index contributed by atoms with van der Waals surface area (Å²) in [6.07, 6.45) is 5.86. The van der Waals surface area contributed by atoms with Gasteiger partial charge in [-0.2, -0.15) is 0 Å². The molecule has 2 heteroatoms. The Labute approximate surface area is 111 Å². The van der Waals surface area contributed by atoms with E-state index in [2.05, 4.69) is 26.0 Å². The van der Waals surface area contributed by atoms with Gasteiger partial charge in [0, 0.05) is 11.1 Å². The molecule has 2 unspecified atom stereocenters. The van der Waals surface area contributed by atoms with Gasteiger partial charge in [-0.1, -0.05) is 37.5 Å². The molecule has 0 aliphatic heterocycles. The quantitative estimate of drug-likeness (QED) is 0.808. The molecule has 0 amide bonds. The van der Waals surface area contributed by atoms with Crippen LogP contribution in [0.1, 0.15) is 50.2 Å². The van der Waals surface area contributed by atoms with Gasteiger partial charge < -0.3 is 10.5 Å². The van der Waals surface area contributed by atoms with Gasteiger partial charge in [0.1, 0.15) is 5.75 Å². The SMILES string of the molecule is COc1ccc(C)cc1C1(N)CCCC(C)CC1. The first-order valence-electron chi connectivity index (χ1n) is 6.99. The lowest BCUT2D eigenvalue weighted by molar-refractivity contribution is 0.345. The van der Waals surface area contributed by atoms with Gasteiger partial charge in [-0.05, 0) is 38.2 Å². The van der Waals surface area contributed by atoms with Gasteiger partial charge in [-0.25, -0.2) is 0 Å². The van der Waals surface area contributed by atoms with E-state index in [0.29, 0.717) is 0 Å². The Morgan fingerprint density at radius 1 is 1.28 bits per heavy atom. The highest BCUT2D eigenvalue weighted by Crippen LogP contribution is 2.40. The zero-order valence-electron chi connectivity index (χ0n) is 11.8. The van der Waals surface area contributed by atoms with Crippen molar-refractivity contribution in [2.24, 2.45) is 11.7 Å². The normalized spacial score (nSPS) is 28.8. The number of hydrogen-bond donors (Lipinski definition) is 1. The van der Waals surface area contributed by atoms with E-state index in [9.17, 15) is 0 Å². The monoisotopic (exact) mass is 247 g/mol. The van der Waals surface area contributed by atoms with Crippen LogP contribution < -0.4 is 10.5 Å². The Morgan fingerprint density at radius 3 is 2.78 bits per heavy atom. The van der Waals surface area contributed by atoms with Gasteiger partial charge in [0.05, 0.1) is 7.11 Å². The van der Waals surface area contributed by atoms with Crippen LogP contribution in [0.3, 0.4) is 0 Å². The van der Waals surface area contributed by atoms with E-state index in [1.165, 1.54) is 30.4 Å². The molecule has 1 aromatic carbocycles. The van der Waals surface area contributed by atoms with Gasteiger partial charge in [-0.3, -0.25) is 0 Å². The topological polar surface area (TPSA) is 35.2 Å². The summed E-state index contributed by atoms with van der Waals surface area (Å²) in [4.78, 5) is 0. The molecular weight excluding hydrogens is 222 g/mol.